The van der Waals surface area contributed by atoms with Gasteiger partial charge in [0.15, 0.2) is 5.78 Å². The van der Waals surface area contributed by atoms with Gasteiger partial charge in [-0.3, -0.25) is 4.79 Å². The number of carbonyl (C=O) groups is 1. The summed E-state index contributed by atoms with van der Waals surface area (Å²) in [6, 6.07) is 20.8. The summed E-state index contributed by atoms with van der Waals surface area (Å²) in [7, 11) is 0. The highest BCUT2D eigenvalue weighted by atomic mass is 16.1. The van der Waals surface area contributed by atoms with Crippen LogP contribution >= 0.6 is 0 Å². The summed E-state index contributed by atoms with van der Waals surface area (Å²) in [5.41, 5.74) is 3.45. The Morgan fingerprint density at radius 2 is 1.35 bits per heavy atom. The third-order valence-corrected chi connectivity index (χ3v) is 3.57. The topological polar surface area (TPSA) is 29.1 Å². The standard InChI is InChI=1S/C18H17NO/c20-17-12-11-16(13-17)19-18(14-7-3-1-4-8-14)15-9-5-2-6-10-15/h1-10,13,18-19H,11-12H2. The third-order valence-electron chi connectivity index (χ3n) is 3.57. The van der Waals surface area contributed by atoms with Gasteiger partial charge in [0.1, 0.15) is 0 Å². The van der Waals surface area contributed by atoms with Gasteiger partial charge in [-0.05, 0) is 17.5 Å². The molecule has 0 saturated heterocycles. The van der Waals surface area contributed by atoms with E-state index in [1.54, 1.807) is 6.08 Å². The fourth-order valence-electron chi connectivity index (χ4n) is 2.55. The van der Waals surface area contributed by atoms with Crippen molar-refractivity contribution in [2.75, 3.05) is 0 Å². The average Bonchev–Trinajstić information content (AvgIpc) is 2.92. The maximum Gasteiger partial charge on any atom is 0.157 e. The van der Waals surface area contributed by atoms with Crippen molar-refractivity contribution < 1.29 is 4.79 Å². The molecule has 1 aliphatic rings. The lowest BCUT2D eigenvalue weighted by Crippen LogP contribution is -2.21. The number of nitrogens with one attached hydrogen (secondary N) is 1. The minimum atomic E-state index is 0.0922. The molecule has 2 heteroatoms. The Hall–Kier alpha value is -2.35. The molecule has 0 amide bonds. The number of carbonyl (C=O) groups excluding carboxylic acids is 1. The van der Waals surface area contributed by atoms with Crippen LogP contribution in [0.2, 0.25) is 0 Å². The van der Waals surface area contributed by atoms with Crippen molar-refractivity contribution in [3.8, 4) is 0 Å². The Bertz CT molecular complexity index is 577. The SMILES string of the molecule is O=C1C=C(NC(c2ccccc2)c2ccccc2)CC1. The maximum absolute atomic E-state index is 11.4. The molecule has 0 heterocycles. The van der Waals surface area contributed by atoms with E-state index < -0.39 is 0 Å². The predicted octanol–water partition coefficient (Wildman–Crippen LogP) is 3.61. The number of hydrogen-bond acceptors (Lipinski definition) is 2. The number of ketones is 1. The predicted molar refractivity (Wildman–Crippen MR) is 80.2 cm³/mol. The first-order chi connectivity index (χ1) is 9.83. The summed E-state index contributed by atoms with van der Waals surface area (Å²) in [5, 5.41) is 3.52. The zero-order valence-electron chi connectivity index (χ0n) is 11.3. The zero-order valence-corrected chi connectivity index (χ0v) is 11.3. The summed E-state index contributed by atoms with van der Waals surface area (Å²) in [5.74, 6) is 0.215. The molecule has 0 atom stereocenters. The van der Waals surface area contributed by atoms with Crippen LogP contribution in [-0.4, -0.2) is 5.78 Å². The molecule has 0 radical (unpaired) electrons. The van der Waals surface area contributed by atoms with E-state index in [-0.39, 0.29) is 11.8 Å². The molecule has 2 nitrogen and oxygen atoms in total. The summed E-state index contributed by atoms with van der Waals surface area (Å²) < 4.78 is 0. The van der Waals surface area contributed by atoms with Crippen molar-refractivity contribution in [2.45, 2.75) is 18.9 Å². The van der Waals surface area contributed by atoms with Gasteiger partial charge in [-0.25, -0.2) is 0 Å². The zero-order chi connectivity index (χ0) is 13.8. The Morgan fingerprint density at radius 1 is 0.800 bits per heavy atom. The Morgan fingerprint density at radius 3 is 1.80 bits per heavy atom. The highest BCUT2D eigenvalue weighted by molar-refractivity contribution is 5.92. The molecule has 2 aromatic carbocycles. The van der Waals surface area contributed by atoms with Crippen molar-refractivity contribution in [3.63, 3.8) is 0 Å². The third kappa shape index (κ3) is 2.80. The Labute approximate surface area is 119 Å². The molecule has 1 aliphatic carbocycles. The van der Waals surface area contributed by atoms with Crippen LogP contribution in [0.5, 0.6) is 0 Å². The van der Waals surface area contributed by atoms with E-state index in [1.165, 1.54) is 11.1 Å². The average molecular weight is 263 g/mol. The summed E-state index contributed by atoms with van der Waals surface area (Å²) in [6.45, 7) is 0. The largest absolute Gasteiger partial charge is 0.377 e. The van der Waals surface area contributed by atoms with Crippen LogP contribution in [0.25, 0.3) is 0 Å². The van der Waals surface area contributed by atoms with E-state index in [1.807, 2.05) is 36.4 Å². The van der Waals surface area contributed by atoms with Crippen molar-refractivity contribution >= 4 is 5.78 Å². The maximum atomic E-state index is 11.4. The highest BCUT2D eigenvalue weighted by Crippen LogP contribution is 2.25. The van der Waals surface area contributed by atoms with E-state index in [2.05, 4.69) is 29.6 Å². The van der Waals surface area contributed by atoms with Gasteiger partial charge in [0.25, 0.3) is 0 Å². The Balaban J connectivity index is 1.92. The molecule has 1 N–H and O–H groups in total. The van der Waals surface area contributed by atoms with Gasteiger partial charge in [-0.1, -0.05) is 60.7 Å². The molecule has 0 spiro atoms. The molecular formula is C18H17NO. The second kappa shape index (κ2) is 5.74. The number of hydrogen-bond donors (Lipinski definition) is 1. The van der Waals surface area contributed by atoms with Gasteiger partial charge >= 0.3 is 0 Å². The number of benzene rings is 2. The lowest BCUT2D eigenvalue weighted by Gasteiger charge is -2.21. The first-order valence-corrected chi connectivity index (χ1v) is 6.93. The van der Waals surface area contributed by atoms with Gasteiger partial charge in [-0.2, -0.15) is 0 Å². The van der Waals surface area contributed by atoms with E-state index in [0.29, 0.717) is 6.42 Å². The molecule has 0 aromatic heterocycles. The first kappa shape index (κ1) is 12.7. The summed E-state index contributed by atoms with van der Waals surface area (Å²) in [4.78, 5) is 11.4. The van der Waals surface area contributed by atoms with E-state index in [4.69, 9.17) is 0 Å². The lowest BCUT2D eigenvalue weighted by atomic mass is 9.98. The minimum absolute atomic E-state index is 0.0922. The Kier molecular flexibility index (Phi) is 3.64. The van der Waals surface area contributed by atoms with Crippen molar-refractivity contribution in [1.29, 1.82) is 0 Å². The summed E-state index contributed by atoms with van der Waals surface area (Å²) in [6.07, 6.45) is 3.17. The van der Waals surface area contributed by atoms with Crippen LogP contribution in [0, 0.1) is 0 Å². The molecule has 0 saturated carbocycles. The normalized spacial score (nSPS) is 14.4. The van der Waals surface area contributed by atoms with Crippen molar-refractivity contribution in [2.24, 2.45) is 0 Å². The van der Waals surface area contributed by atoms with Gasteiger partial charge in [0.2, 0.25) is 0 Å². The fraction of sp³-hybridized carbons (Fsp3) is 0.167. The van der Waals surface area contributed by atoms with Crippen LogP contribution < -0.4 is 5.32 Å². The van der Waals surface area contributed by atoms with Crippen LogP contribution in [-0.2, 0) is 4.79 Å². The minimum Gasteiger partial charge on any atom is -0.377 e. The van der Waals surface area contributed by atoms with Gasteiger partial charge in [-0.15, -0.1) is 0 Å². The molecule has 20 heavy (non-hydrogen) atoms. The fourth-order valence-corrected chi connectivity index (χ4v) is 2.55. The molecule has 100 valence electrons. The van der Waals surface area contributed by atoms with Gasteiger partial charge in [0.05, 0.1) is 6.04 Å². The molecule has 0 unspecified atom stereocenters. The second-order valence-corrected chi connectivity index (χ2v) is 5.03. The van der Waals surface area contributed by atoms with Gasteiger partial charge in [0, 0.05) is 18.2 Å². The lowest BCUT2D eigenvalue weighted by molar-refractivity contribution is -0.114. The molecule has 3 rings (SSSR count). The molecule has 2 aromatic rings. The van der Waals surface area contributed by atoms with Crippen LogP contribution in [0.1, 0.15) is 30.0 Å². The quantitative estimate of drug-likeness (QED) is 0.913. The van der Waals surface area contributed by atoms with Crippen molar-refractivity contribution in [1.82, 2.24) is 5.32 Å². The smallest absolute Gasteiger partial charge is 0.157 e. The van der Waals surface area contributed by atoms with E-state index >= 15 is 0 Å². The van der Waals surface area contributed by atoms with E-state index in [9.17, 15) is 4.79 Å². The second-order valence-electron chi connectivity index (χ2n) is 5.03. The summed E-state index contributed by atoms with van der Waals surface area (Å²) >= 11 is 0. The van der Waals surface area contributed by atoms with Crippen LogP contribution in [0.4, 0.5) is 0 Å². The first-order valence-electron chi connectivity index (χ1n) is 6.93. The highest BCUT2D eigenvalue weighted by Gasteiger charge is 2.18. The van der Waals surface area contributed by atoms with Crippen molar-refractivity contribution in [3.05, 3.63) is 83.6 Å². The van der Waals surface area contributed by atoms with Gasteiger partial charge < -0.3 is 5.32 Å². The van der Waals surface area contributed by atoms with E-state index in [0.717, 1.165) is 12.1 Å². The molecule has 0 fully saturated rings. The molecule has 0 aliphatic heterocycles. The van der Waals surface area contributed by atoms with Crippen LogP contribution in [0.15, 0.2) is 72.4 Å². The monoisotopic (exact) mass is 263 g/mol. The van der Waals surface area contributed by atoms with Crippen LogP contribution in [0.3, 0.4) is 0 Å². The molecule has 0 bridgehead atoms. The number of allylic oxidation sites excluding steroid dienone is 2. The number of rotatable bonds is 4. The molecular weight excluding hydrogens is 246 g/mol.